The van der Waals surface area contributed by atoms with Gasteiger partial charge in [-0.05, 0) is 45.9 Å². The predicted molar refractivity (Wildman–Crippen MR) is 74.3 cm³/mol. The van der Waals surface area contributed by atoms with Gasteiger partial charge in [-0.15, -0.1) is 0 Å². The van der Waals surface area contributed by atoms with E-state index < -0.39 is 11.6 Å². The third kappa shape index (κ3) is 5.30. The molecular weight excluding hydrogens is 260 g/mol. The molecule has 0 aliphatic rings. The molecule has 0 aliphatic heterocycles. The van der Waals surface area contributed by atoms with Crippen LogP contribution in [0.5, 0.6) is 11.5 Å². The maximum absolute atomic E-state index is 11.5. The first kappa shape index (κ1) is 16.0. The van der Waals surface area contributed by atoms with Crippen LogP contribution in [0.4, 0.5) is 0 Å². The second-order valence-corrected chi connectivity index (χ2v) is 5.13. The third-order valence-corrected chi connectivity index (χ3v) is 2.18. The molecule has 0 radical (unpaired) electrons. The van der Waals surface area contributed by atoms with Crippen molar-refractivity contribution in [3.05, 3.63) is 23.8 Å². The van der Waals surface area contributed by atoms with Crippen LogP contribution >= 0.6 is 0 Å². The smallest absolute Gasteiger partial charge is 0.344 e. The number of hydrogen-bond acceptors (Lipinski definition) is 5. The Morgan fingerprint density at radius 3 is 2.50 bits per heavy atom. The second-order valence-electron chi connectivity index (χ2n) is 5.13. The molecule has 0 N–H and O–H groups in total. The summed E-state index contributed by atoms with van der Waals surface area (Å²) < 4.78 is 15.7. The van der Waals surface area contributed by atoms with Crippen LogP contribution in [0.1, 0.15) is 38.1 Å². The standard InChI is InChI=1S/C15H20O5/c1-5-18-13-7-6-12(8-11(13)9-16)19-10-14(17)20-15(2,3)4/h6-9H,5,10H2,1-4H3. The van der Waals surface area contributed by atoms with Gasteiger partial charge in [0.05, 0.1) is 12.2 Å². The van der Waals surface area contributed by atoms with Gasteiger partial charge in [-0.3, -0.25) is 4.79 Å². The zero-order valence-electron chi connectivity index (χ0n) is 12.3. The van der Waals surface area contributed by atoms with Crippen LogP contribution in [0.15, 0.2) is 18.2 Å². The number of ether oxygens (including phenoxy) is 3. The van der Waals surface area contributed by atoms with Gasteiger partial charge in [0, 0.05) is 0 Å². The van der Waals surface area contributed by atoms with E-state index in [0.29, 0.717) is 30.0 Å². The van der Waals surface area contributed by atoms with Crippen LogP contribution in [-0.2, 0) is 9.53 Å². The first-order valence-electron chi connectivity index (χ1n) is 6.42. The fourth-order valence-electron chi connectivity index (χ4n) is 1.51. The Labute approximate surface area is 118 Å². The number of esters is 1. The molecule has 1 aromatic rings. The number of rotatable bonds is 6. The normalized spacial score (nSPS) is 10.8. The number of aldehydes is 1. The van der Waals surface area contributed by atoms with Gasteiger partial charge < -0.3 is 14.2 Å². The average molecular weight is 280 g/mol. The summed E-state index contributed by atoms with van der Waals surface area (Å²) in [6, 6.07) is 4.81. The maximum atomic E-state index is 11.5. The highest BCUT2D eigenvalue weighted by Crippen LogP contribution is 2.23. The fraction of sp³-hybridized carbons (Fsp3) is 0.467. The zero-order chi connectivity index (χ0) is 15.2. The van der Waals surface area contributed by atoms with Gasteiger partial charge in [0.1, 0.15) is 17.1 Å². The highest BCUT2D eigenvalue weighted by molar-refractivity contribution is 5.80. The van der Waals surface area contributed by atoms with Crippen LogP contribution in [0.25, 0.3) is 0 Å². The largest absolute Gasteiger partial charge is 0.493 e. The fourth-order valence-corrected chi connectivity index (χ4v) is 1.51. The van der Waals surface area contributed by atoms with Crippen molar-refractivity contribution in [3.8, 4) is 11.5 Å². The van der Waals surface area contributed by atoms with Crippen molar-refractivity contribution >= 4 is 12.3 Å². The average Bonchev–Trinajstić information content (AvgIpc) is 2.36. The third-order valence-electron chi connectivity index (χ3n) is 2.18. The van der Waals surface area contributed by atoms with Crippen LogP contribution < -0.4 is 9.47 Å². The van der Waals surface area contributed by atoms with Crippen molar-refractivity contribution in [3.63, 3.8) is 0 Å². The van der Waals surface area contributed by atoms with E-state index in [1.54, 1.807) is 32.9 Å². The van der Waals surface area contributed by atoms with Gasteiger partial charge in [0.15, 0.2) is 12.9 Å². The molecule has 0 aliphatic carbocycles. The van der Waals surface area contributed by atoms with Crippen molar-refractivity contribution in [1.29, 1.82) is 0 Å². The van der Waals surface area contributed by atoms with Crippen LogP contribution in [0.3, 0.4) is 0 Å². The lowest BCUT2D eigenvalue weighted by atomic mass is 10.2. The van der Waals surface area contributed by atoms with Crippen molar-refractivity contribution in [1.82, 2.24) is 0 Å². The molecule has 0 aromatic heterocycles. The summed E-state index contributed by atoms with van der Waals surface area (Å²) in [4.78, 5) is 22.5. The maximum Gasteiger partial charge on any atom is 0.344 e. The number of carbonyl (C=O) groups is 2. The first-order valence-corrected chi connectivity index (χ1v) is 6.42. The Morgan fingerprint density at radius 1 is 1.25 bits per heavy atom. The molecule has 0 heterocycles. The Morgan fingerprint density at radius 2 is 1.95 bits per heavy atom. The minimum atomic E-state index is -0.548. The quantitative estimate of drug-likeness (QED) is 0.592. The summed E-state index contributed by atoms with van der Waals surface area (Å²) in [5, 5.41) is 0. The topological polar surface area (TPSA) is 61.8 Å². The monoisotopic (exact) mass is 280 g/mol. The molecule has 0 atom stereocenters. The lowest BCUT2D eigenvalue weighted by Crippen LogP contribution is -2.27. The Balaban J connectivity index is 2.65. The number of carbonyl (C=O) groups excluding carboxylic acids is 2. The van der Waals surface area contributed by atoms with Crippen LogP contribution in [-0.4, -0.2) is 31.1 Å². The molecule has 5 heteroatoms. The summed E-state index contributed by atoms with van der Waals surface area (Å²) in [5.74, 6) is 0.451. The van der Waals surface area contributed by atoms with Gasteiger partial charge in [-0.2, -0.15) is 0 Å². The summed E-state index contributed by atoms with van der Waals surface area (Å²) in [5.41, 5.74) is -0.165. The SMILES string of the molecule is CCOc1ccc(OCC(=O)OC(C)(C)C)cc1C=O. The van der Waals surface area contributed by atoms with Crippen molar-refractivity contribution in [2.24, 2.45) is 0 Å². The minimum absolute atomic E-state index is 0.205. The van der Waals surface area contributed by atoms with Gasteiger partial charge in [0.25, 0.3) is 0 Å². The molecule has 0 saturated heterocycles. The molecule has 0 unspecified atom stereocenters. The molecule has 0 saturated carbocycles. The van der Waals surface area contributed by atoms with Gasteiger partial charge in [-0.1, -0.05) is 0 Å². The number of benzene rings is 1. The second kappa shape index (κ2) is 6.93. The first-order chi connectivity index (χ1) is 9.35. The van der Waals surface area contributed by atoms with E-state index in [9.17, 15) is 9.59 Å². The molecule has 0 fully saturated rings. The van der Waals surface area contributed by atoms with E-state index in [4.69, 9.17) is 14.2 Å². The van der Waals surface area contributed by atoms with Gasteiger partial charge >= 0.3 is 5.97 Å². The molecule has 1 aromatic carbocycles. The van der Waals surface area contributed by atoms with E-state index in [1.165, 1.54) is 6.07 Å². The highest BCUT2D eigenvalue weighted by atomic mass is 16.6. The summed E-state index contributed by atoms with van der Waals surface area (Å²) in [6.07, 6.45) is 0.686. The molecule has 1 rings (SSSR count). The van der Waals surface area contributed by atoms with Crippen LogP contribution in [0.2, 0.25) is 0 Å². The van der Waals surface area contributed by atoms with E-state index in [0.717, 1.165) is 0 Å². The summed E-state index contributed by atoms with van der Waals surface area (Å²) >= 11 is 0. The lowest BCUT2D eigenvalue weighted by Gasteiger charge is -2.19. The highest BCUT2D eigenvalue weighted by Gasteiger charge is 2.16. The van der Waals surface area contributed by atoms with E-state index >= 15 is 0 Å². The van der Waals surface area contributed by atoms with Gasteiger partial charge in [-0.25, -0.2) is 4.79 Å². The lowest BCUT2D eigenvalue weighted by molar-refractivity contribution is -0.157. The molecule has 0 bridgehead atoms. The molecular formula is C15H20O5. The molecule has 20 heavy (non-hydrogen) atoms. The zero-order valence-corrected chi connectivity index (χ0v) is 12.3. The van der Waals surface area contributed by atoms with E-state index in [1.807, 2.05) is 6.92 Å². The summed E-state index contributed by atoms with van der Waals surface area (Å²) in [7, 11) is 0. The van der Waals surface area contributed by atoms with E-state index in [2.05, 4.69) is 0 Å². The molecule has 5 nitrogen and oxygen atoms in total. The molecule has 0 spiro atoms. The Hall–Kier alpha value is -2.04. The Kier molecular flexibility index (Phi) is 5.55. The van der Waals surface area contributed by atoms with Crippen LogP contribution in [0, 0.1) is 0 Å². The van der Waals surface area contributed by atoms with Crippen molar-refractivity contribution < 1.29 is 23.8 Å². The number of hydrogen-bond donors (Lipinski definition) is 0. The van der Waals surface area contributed by atoms with Crippen molar-refractivity contribution in [2.45, 2.75) is 33.3 Å². The molecule has 0 amide bonds. The predicted octanol–water partition coefficient (Wildman–Crippen LogP) is 2.62. The molecule has 110 valence electrons. The Bertz CT molecular complexity index is 474. The minimum Gasteiger partial charge on any atom is -0.493 e. The van der Waals surface area contributed by atoms with Gasteiger partial charge in [0.2, 0.25) is 0 Å². The summed E-state index contributed by atoms with van der Waals surface area (Å²) in [6.45, 7) is 7.45. The van der Waals surface area contributed by atoms with Crippen molar-refractivity contribution in [2.75, 3.05) is 13.2 Å². The van der Waals surface area contributed by atoms with E-state index in [-0.39, 0.29) is 6.61 Å².